The Morgan fingerprint density at radius 3 is 1.69 bits per heavy atom. The molecule has 0 saturated heterocycles. The van der Waals surface area contributed by atoms with Gasteiger partial charge in [0.1, 0.15) is 31.4 Å². The number of unbranched alkanes of at least 4 members (excludes halogenated alkanes) is 2. The summed E-state index contributed by atoms with van der Waals surface area (Å²) in [6, 6.07) is 19.7. The van der Waals surface area contributed by atoms with Gasteiger partial charge in [-0.3, -0.25) is 19.2 Å². The second-order valence-corrected chi connectivity index (χ2v) is 22.2. The minimum atomic E-state index is -0.869. The van der Waals surface area contributed by atoms with Gasteiger partial charge in [-0.2, -0.15) is 0 Å². The van der Waals surface area contributed by atoms with Crippen LogP contribution in [0.5, 0.6) is 11.5 Å². The van der Waals surface area contributed by atoms with Crippen LogP contribution < -0.4 is 9.47 Å². The molecule has 2 aromatic carbocycles. The lowest BCUT2D eigenvalue weighted by Crippen LogP contribution is -2.28. The SMILES string of the molecule is C[C@H]1CCC/C=C/[C@@H]2C[C@H](OC(=O)CCC(=O)OCCCCOc3ccc(-c4cc(=S)ss4)cc3)C[C@H]2[C@H](OC(=O)CCC(=O)OCCCCOc2ccc(-c3cc(=S)ss3)cc2)/C=C/C(=O)O1. The van der Waals surface area contributed by atoms with E-state index >= 15 is 0 Å². The molecule has 0 N–H and O–H groups in total. The van der Waals surface area contributed by atoms with Gasteiger partial charge in [-0.15, -0.1) is 0 Å². The second kappa shape index (κ2) is 28.2. The summed E-state index contributed by atoms with van der Waals surface area (Å²) in [5.74, 6) is -1.72. The van der Waals surface area contributed by atoms with Crippen LogP contribution in [0.4, 0.5) is 0 Å². The third kappa shape index (κ3) is 18.4. The number of carbonyl (C=O) groups is 5. The average molecular weight is 1040 g/mol. The molecule has 364 valence electrons. The number of hydrogen-bond donors (Lipinski definition) is 0. The van der Waals surface area contributed by atoms with E-state index in [9.17, 15) is 24.0 Å². The van der Waals surface area contributed by atoms with Crippen LogP contribution >= 0.6 is 65.8 Å². The molecule has 4 aromatic rings. The first-order valence-corrected chi connectivity index (χ1v) is 28.0. The van der Waals surface area contributed by atoms with Crippen LogP contribution in [0.15, 0.2) is 85.0 Å². The molecule has 0 amide bonds. The summed E-state index contributed by atoms with van der Waals surface area (Å²) in [6.07, 6.45) is 10.2. The Balaban J connectivity index is 0.890. The summed E-state index contributed by atoms with van der Waals surface area (Å²) in [5, 5.41) is 0. The summed E-state index contributed by atoms with van der Waals surface area (Å²) in [5.41, 5.74) is 2.18. The van der Waals surface area contributed by atoms with Gasteiger partial charge in [-0.05, 0) is 148 Å². The average Bonchev–Trinajstić information content (AvgIpc) is 4.08. The lowest BCUT2D eigenvalue weighted by Gasteiger charge is -2.24. The molecule has 1 fully saturated rings. The van der Waals surface area contributed by atoms with Crippen molar-refractivity contribution >= 4 is 95.6 Å². The van der Waals surface area contributed by atoms with Gasteiger partial charge >= 0.3 is 29.8 Å². The van der Waals surface area contributed by atoms with Crippen molar-refractivity contribution < 1.29 is 57.1 Å². The summed E-state index contributed by atoms with van der Waals surface area (Å²) >= 11 is 10.5. The molecule has 1 saturated carbocycles. The smallest absolute Gasteiger partial charge is 0.330 e. The van der Waals surface area contributed by atoms with E-state index in [1.54, 1.807) is 41.4 Å². The summed E-state index contributed by atoms with van der Waals surface area (Å²) in [7, 11) is 6.45. The first-order valence-electron chi connectivity index (χ1n) is 22.9. The highest BCUT2D eigenvalue weighted by atomic mass is 32.9. The van der Waals surface area contributed by atoms with Crippen molar-refractivity contribution in [2.45, 2.75) is 109 Å². The highest BCUT2D eigenvalue weighted by Gasteiger charge is 2.40. The van der Waals surface area contributed by atoms with E-state index in [-0.39, 0.29) is 56.8 Å². The lowest BCUT2D eigenvalue weighted by molar-refractivity contribution is -0.155. The Kier molecular flexibility index (Phi) is 21.9. The Labute approximate surface area is 422 Å². The van der Waals surface area contributed by atoms with Gasteiger partial charge in [0.15, 0.2) is 0 Å². The first-order chi connectivity index (χ1) is 33.0. The fourth-order valence-electron chi connectivity index (χ4n) is 7.63. The fraction of sp³-hybridized carbons (Fsp3) is 0.460. The minimum Gasteiger partial charge on any atom is -0.494 e. The molecule has 0 spiro atoms. The molecule has 12 nitrogen and oxygen atoms in total. The molecule has 1 aliphatic carbocycles. The quantitative estimate of drug-likeness (QED) is 0.0183. The predicted octanol–water partition coefficient (Wildman–Crippen LogP) is 12.5. The van der Waals surface area contributed by atoms with Crippen LogP contribution in [0.2, 0.25) is 0 Å². The number of benzene rings is 2. The van der Waals surface area contributed by atoms with Crippen molar-refractivity contribution in [2.75, 3.05) is 26.4 Å². The number of fused-ring (bicyclic) bond motifs is 1. The van der Waals surface area contributed by atoms with Crippen molar-refractivity contribution in [1.82, 2.24) is 0 Å². The van der Waals surface area contributed by atoms with E-state index in [2.05, 4.69) is 12.2 Å². The van der Waals surface area contributed by atoms with Crippen LogP contribution in [-0.4, -0.2) is 74.6 Å². The normalized spacial score (nSPS) is 20.2. The van der Waals surface area contributed by atoms with E-state index in [1.807, 2.05) is 67.6 Å². The van der Waals surface area contributed by atoms with Gasteiger partial charge in [0, 0.05) is 21.7 Å². The molecular weight excluding hydrogens is 985 g/mol. The van der Waals surface area contributed by atoms with Crippen LogP contribution in [0.3, 0.4) is 0 Å². The number of hydrogen-bond acceptors (Lipinski definition) is 18. The molecule has 1 aliphatic heterocycles. The first kappa shape index (κ1) is 52.8. The molecule has 5 atom stereocenters. The number of carbonyl (C=O) groups excluding carboxylic acids is 5. The minimum absolute atomic E-state index is 0.122. The molecule has 0 radical (unpaired) electrons. The van der Waals surface area contributed by atoms with Crippen LogP contribution in [0.1, 0.15) is 90.4 Å². The molecule has 6 rings (SSSR count). The summed E-state index contributed by atoms with van der Waals surface area (Å²) in [4.78, 5) is 66.2. The van der Waals surface area contributed by atoms with Gasteiger partial charge in [-0.25, -0.2) is 4.79 Å². The van der Waals surface area contributed by atoms with Crippen molar-refractivity contribution in [3.05, 3.63) is 92.6 Å². The molecule has 0 bridgehead atoms. The van der Waals surface area contributed by atoms with E-state index in [0.717, 1.165) is 52.9 Å². The number of rotatable bonds is 22. The van der Waals surface area contributed by atoms with Crippen molar-refractivity contribution in [3.8, 4) is 32.4 Å². The Hall–Kier alpha value is -4.59. The lowest BCUT2D eigenvalue weighted by atomic mass is 9.89. The Morgan fingerprint density at radius 2 is 1.16 bits per heavy atom. The monoisotopic (exact) mass is 1040 g/mol. The van der Waals surface area contributed by atoms with Crippen molar-refractivity contribution in [2.24, 2.45) is 11.8 Å². The topological polar surface area (TPSA) is 150 Å². The number of cyclic esters (lactones) is 1. The molecule has 18 heteroatoms. The molecule has 2 aliphatic rings. The maximum atomic E-state index is 13.2. The fourth-order valence-corrected chi connectivity index (χ4v) is 12.4. The van der Waals surface area contributed by atoms with E-state index < -0.39 is 42.1 Å². The molecular formula is C50H56O12S6. The van der Waals surface area contributed by atoms with E-state index in [1.165, 1.54) is 12.2 Å². The Morgan fingerprint density at radius 1 is 0.647 bits per heavy atom. The van der Waals surface area contributed by atoms with Crippen LogP contribution in [0, 0.1) is 19.5 Å². The van der Waals surface area contributed by atoms with Gasteiger partial charge in [0.2, 0.25) is 0 Å². The molecule has 3 heterocycles. The van der Waals surface area contributed by atoms with Crippen molar-refractivity contribution in [3.63, 3.8) is 0 Å². The predicted molar refractivity (Wildman–Crippen MR) is 270 cm³/mol. The number of ether oxygens (including phenoxy) is 7. The van der Waals surface area contributed by atoms with Gasteiger partial charge in [0.05, 0.1) is 58.2 Å². The Bertz CT molecular complexity index is 2430. The zero-order valence-corrected chi connectivity index (χ0v) is 42.7. The summed E-state index contributed by atoms with van der Waals surface area (Å²) in [6.45, 7) is 3.15. The zero-order chi connectivity index (χ0) is 48.1. The van der Waals surface area contributed by atoms with Crippen LogP contribution in [0.25, 0.3) is 20.9 Å². The number of allylic oxidation sites excluding steroid dienone is 2. The third-order valence-electron chi connectivity index (χ3n) is 11.1. The molecule has 2 aromatic heterocycles. The number of esters is 5. The van der Waals surface area contributed by atoms with E-state index in [0.29, 0.717) is 58.2 Å². The molecule has 0 unspecified atom stereocenters. The van der Waals surface area contributed by atoms with Gasteiger partial charge in [-0.1, -0.05) is 77.9 Å². The highest BCUT2D eigenvalue weighted by Crippen LogP contribution is 2.40. The van der Waals surface area contributed by atoms with Crippen molar-refractivity contribution in [1.29, 1.82) is 0 Å². The maximum absolute atomic E-state index is 13.2. The van der Waals surface area contributed by atoms with Gasteiger partial charge < -0.3 is 33.2 Å². The summed E-state index contributed by atoms with van der Waals surface area (Å²) < 4.78 is 41.4. The van der Waals surface area contributed by atoms with E-state index in [4.69, 9.17) is 57.6 Å². The second-order valence-electron chi connectivity index (χ2n) is 16.4. The molecule has 68 heavy (non-hydrogen) atoms. The maximum Gasteiger partial charge on any atom is 0.330 e. The largest absolute Gasteiger partial charge is 0.494 e. The standard InChI is InChI=1S/C50H56O12S6/c1-33-9-3-2-4-10-36-29-39(61-47(54)23-21-44(51)58-27-7-5-25-56-37-15-11-34(12-16-37)42-31-49(63)67-65-42)30-40(36)41(19-20-46(53)60-33)62-48(55)24-22-45(52)59-28-8-6-26-57-38-17-13-35(14-18-38)43-32-50(64)68-66-43/h4,10-20,31-33,36,39-41H,2-3,5-9,21-30H2,1H3/b10-4+,20-19+/t33-,36+,39-,40+,41+/m0/s1. The highest BCUT2D eigenvalue weighted by molar-refractivity contribution is 7.80. The van der Waals surface area contributed by atoms with Gasteiger partial charge in [0.25, 0.3) is 0 Å². The zero-order valence-electron chi connectivity index (χ0n) is 37.8. The third-order valence-corrected chi connectivity index (χ3v) is 16.9. The van der Waals surface area contributed by atoms with Crippen LogP contribution in [-0.2, 0) is 47.7 Å².